The molecule has 8 nitrogen and oxygen atoms in total. The van der Waals surface area contributed by atoms with Crippen molar-refractivity contribution in [2.45, 2.75) is 45.3 Å². The summed E-state index contributed by atoms with van der Waals surface area (Å²) in [6, 6.07) is 12.2. The maximum atomic E-state index is 13.4. The molecule has 3 aliphatic rings. The minimum Gasteiger partial charge on any atom is -0.507 e. The second kappa shape index (κ2) is 11.6. The lowest BCUT2D eigenvalue weighted by Gasteiger charge is -2.31. The van der Waals surface area contributed by atoms with Crippen molar-refractivity contribution in [1.29, 1.82) is 0 Å². The summed E-state index contributed by atoms with van der Waals surface area (Å²) in [4.78, 5) is 30.6. The van der Waals surface area contributed by atoms with Crippen LogP contribution in [0, 0.1) is 0 Å². The summed E-state index contributed by atoms with van der Waals surface area (Å²) in [6.07, 6.45) is 2.74. The van der Waals surface area contributed by atoms with Crippen molar-refractivity contribution < 1.29 is 28.9 Å². The zero-order chi connectivity index (χ0) is 26.6. The third-order valence-electron chi connectivity index (χ3n) is 7.41. The van der Waals surface area contributed by atoms with Gasteiger partial charge >= 0.3 is 0 Å². The van der Waals surface area contributed by atoms with Crippen molar-refractivity contribution in [2.75, 3.05) is 46.0 Å². The van der Waals surface area contributed by atoms with Crippen LogP contribution in [0.25, 0.3) is 5.76 Å². The van der Waals surface area contributed by atoms with E-state index in [0.29, 0.717) is 44.2 Å². The van der Waals surface area contributed by atoms with E-state index in [4.69, 9.17) is 14.2 Å². The number of morpholine rings is 1. The Kier molecular flexibility index (Phi) is 8.00. The highest BCUT2D eigenvalue weighted by molar-refractivity contribution is 6.46. The Morgan fingerprint density at radius 2 is 1.92 bits per heavy atom. The number of carbonyl (C=O) groups is 2. The molecule has 0 spiro atoms. The van der Waals surface area contributed by atoms with Gasteiger partial charge in [0.05, 0.1) is 31.4 Å². The van der Waals surface area contributed by atoms with Crippen LogP contribution in [0.2, 0.25) is 0 Å². The molecule has 1 amide bonds. The van der Waals surface area contributed by atoms with E-state index in [9.17, 15) is 14.7 Å². The quantitative estimate of drug-likeness (QED) is 0.232. The number of ether oxygens (including phenoxy) is 3. The van der Waals surface area contributed by atoms with Crippen LogP contribution in [0.5, 0.6) is 11.5 Å². The molecule has 3 heterocycles. The van der Waals surface area contributed by atoms with Crippen molar-refractivity contribution in [3.05, 3.63) is 64.7 Å². The van der Waals surface area contributed by atoms with Crippen LogP contribution in [-0.4, -0.2) is 78.7 Å². The second-order valence-corrected chi connectivity index (χ2v) is 10.2. The number of amides is 1. The molecule has 2 aromatic rings. The van der Waals surface area contributed by atoms with Gasteiger partial charge in [-0.05, 0) is 54.8 Å². The normalized spacial score (nSPS) is 22.9. The largest absolute Gasteiger partial charge is 0.507 e. The minimum absolute atomic E-state index is 0.0589. The summed E-state index contributed by atoms with van der Waals surface area (Å²) in [6.45, 7) is 8.54. The number of fused-ring (bicyclic) bond motifs is 1. The molecule has 38 heavy (non-hydrogen) atoms. The molecule has 0 aromatic heterocycles. The van der Waals surface area contributed by atoms with Crippen LogP contribution >= 0.6 is 0 Å². The molecule has 0 aliphatic carbocycles. The zero-order valence-corrected chi connectivity index (χ0v) is 22.2. The third-order valence-corrected chi connectivity index (χ3v) is 7.41. The highest BCUT2D eigenvalue weighted by atomic mass is 16.5. The first kappa shape index (κ1) is 26.3. The molecule has 2 unspecified atom stereocenters. The van der Waals surface area contributed by atoms with Crippen LogP contribution in [0.1, 0.15) is 49.4 Å². The minimum atomic E-state index is -0.714. The van der Waals surface area contributed by atoms with E-state index in [1.807, 2.05) is 43.3 Å². The average Bonchev–Trinajstić information content (AvgIpc) is 3.43. The Hall–Kier alpha value is -3.36. The maximum absolute atomic E-state index is 13.4. The van der Waals surface area contributed by atoms with Gasteiger partial charge in [-0.2, -0.15) is 0 Å². The van der Waals surface area contributed by atoms with Crippen molar-refractivity contribution in [1.82, 2.24) is 9.80 Å². The molecule has 2 saturated heterocycles. The lowest BCUT2D eigenvalue weighted by atomic mass is 9.94. The molecule has 0 bridgehead atoms. The number of hydrogen-bond donors (Lipinski definition) is 1. The number of unbranched alkanes of at least 4 members (excludes halogenated alkanes) is 1. The Morgan fingerprint density at radius 1 is 1.11 bits per heavy atom. The molecule has 202 valence electrons. The number of rotatable bonds is 9. The first-order valence-electron chi connectivity index (χ1n) is 13.6. The van der Waals surface area contributed by atoms with Gasteiger partial charge in [0, 0.05) is 38.2 Å². The topological polar surface area (TPSA) is 88.5 Å². The molecule has 2 atom stereocenters. The van der Waals surface area contributed by atoms with Crippen molar-refractivity contribution >= 4 is 17.4 Å². The van der Waals surface area contributed by atoms with E-state index in [2.05, 4.69) is 11.8 Å². The summed E-state index contributed by atoms with van der Waals surface area (Å²) in [5.41, 5.74) is 2.33. The van der Waals surface area contributed by atoms with Crippen LogP contribution in [-0.2, 0) is 20.7 Å². The number of benzene rings is 2. The molecule has 0 radical (unpaired) electrons. The number of ketones is 1. The fraction of sp³-hybridized carbons (Fsp3) is 0.467. The van der Waals surface area contributed by atoms with E-state index in [-0.39, 0.29) is 17.4 Å². The van der Waals surface area contributed by atoms with Gasteiger partial charge in [-0.3, -0.25) is 14.5 Å². The predicted octanol–water partition coefficient (Wildman–Crippen LogP) is 3.94. The zero-order valence-electron chi connectivity index (χ0n) is 22.2. The van der Waals surface area contributed by atoms with Gasteiger partial charge in [0.25, 0.3) is 11.7 Å². The molecular weight excluding hydrogens is 484 g/mol. The Morgan fingerprint density at radius 3 is 2.71 bits per heavy atom. The SMILES string of the molecule is CCCCOc1cccc(C2/C(=C(/O)c3ccc4c(c3)CC(C)O4)C(=O)C(=O)N2CCN2CCOCC2)c1. The number of nitrogens with zero attached hydrogens (tertiary/aromatic N) is 2. The lowest BCUT2D eigenvalue weighted by Crippen LogP contribution is -2.42. The van der Waals surface area contributed by atoms with Crippen molar-refractivity contribution in [3.8, 4) is 11.5 Å². The smallest absolute Gasteiger partial charge is 0.295 e. The number of likely N-dealkylation sites (tertiary alicyclic amines) is 1. The van der Waals surface area contributed by atoms with E-state index in [1.165, 1.54) is 0 Å². The number of carbonyl (C=O) groups excluding carboxylic acids is 2. The summed E-state index contributed by atoms with van der Waals surface area (Å²) < 4.78 is 17.2. The van der Waals surface area contributed by atoms with Gasteiger partial charge in [0.2, 0.25) is 0 Å². The molecule has 3 aliphatic heterocycles. The third kappa shape index (κ3) is 5.42. The Bertz CT molecular complexity index is 1220. The monoisotopic (exact) mass is 520 g/mol. The summed E-state index contributed by atoms with van der Waals surface area (Å²) in [7, 11) is 0. The molecule has 0 saturated carbocycles. The van der Waals surface area contributed by atoms with E-state index >= 15 is 0 Å². The van der Waals surface area contributed by atoms with E-state index in [1.54, 1.807) is 11.0 Å². The first-order chi connectivity index (χ1) is 18.5. The molecule has 5 rings (SSSR count). The highest BCUT2D eigenvalue weighted by Crippen LogP contribution is 2.41. The number of hydrogen-bond acceptors (Lipinski definition) is 7. The Labute approximate surface area is 223 Å². The molecule has 8 heteroatoms. The van der Waals surface area contributed by atoms with Crippen LogP contribution in [0.3, 0.4) is 0 Å². The number of aliphatic hydroxyl groups is 1. The van der Waals surface area contributed by atoms with Gasteiger partial charge in [-0.1, -0.05) is 25.5 Å². The van der Waals surface area contributed by atoms with Gasteiger partial charge < -0.3 is 24.2 Å². The molecule has 2 fully saturated rings. The molecular formula is C30H36N2O6. The lowest BCUT2D eigenvalue weighted by molar-refractivity contribution is -0.140. The average molecular weight is 521 g/mol. The van der Waals surface area contributed by atoms with E-state index in [0.717, 1.165) is 49.2 Å². The van der Waals surface area contributed by atoms with Gasteiger partial charge in [-0.15, -0.1) is 0 Å². The summed E-state index contributed by atoms with van der Waals surface area (Å²) in [5.74, 6) is 0.0332. The summed E-state index contributed by atoms with van der Waals surface area (Å²) in [5, 5.41) is 11.5. The standard InChI is InChI=1S/C30H36N2O6/c1-3-4-14-37-24-7-5-6-21(19-24)27-26(28(33)22-8-9-25-23(18-22)17-20(2)38-25)29(34)30(35)32(27)11-10-31-12-15-36-16-13-31/h5-9,18-20,27,33H,3-4,10-17H2,1-2H3/b28-26-. The van der Waals surface area contributed by atoms with Gasteiger partial charge in [-0.25, -0.2) is 0 Å². The van der Waals surface area contributed by atoms with E-state index < -0.39 is 17.7 Å². The fourth-order valence-electron chi connectivity index (χ4n) is 5.36. The predicted molar refractivity (Wildman–Crippen MR) is 143 cm³/mol. The van der Waals surface area contributed by atoms with Crippen LogP contribution < -0.4 is 9.47 Å². The maximum Gasteiger partial charge on any atom is 0.295 e. The highest BCUT2D eigenvalue weighted by Gasteiger charge is 2.46. The first-order valence-corrected chi connectivity index (χ1v) is 13.6. The van der Waals surface area contributed by atoms with Crippen LogP contribution in [0.15, 0.2) is 48.0 Å². The van der Waals surface area contributed by atoms with Gasteiger partial charge in [0.15, 0.2) is 0 Å². The van der Waals surface area contributed by atoms with Crippen LogP contribution in [0.4, 0.5) is 0 Å². The van der Waals surface area contributed by atoms with Gasteiger partial charge in [0.1, 0.15) is 23.4 Å². The number of aliphatic hydroxyl groups excluding tert-OH is 1. The molecule has 2 aromatic carbocycles. The number of Topliss-reactive ketones (excluding diaryl/α,β-unsaturated/α-hetero) is 1. The fourth-order valence-corrected chi connectivity index (χ4v) is 5.36. The molecule has 1 N–H and O–H groups in total. The van der Waals surface area contributed by atoms with Crippen molar-refractivity contribution in [3.63, 3.8) is 0 Å². The van der Waals surface area contributed by atoms with Crippen molar-refractivity contribution in [2.24, 2.45) is 0 Å². The Balaban J connectivity index is 1.51. The summed E-state index contributed by atoms with van der Waals surface area (Å²) >= 11 is 0. The second-order valence-electron chi connectivity index (χ2n) is 10.2.